The van der Waals surface area contributed by atoms with E-state index in [0.717, 1.165) is 5.31 Å². The minimum absolute atomic E-state index is 1.03. The molecule has 0 spiro atoms. The van der Waals surface area contributed by atoms with Gasteiger partial charge in [-0.2, -0.15) is 0 Å². The van der Waals surface area contributed by atoms with Crippen molar-refractivity contribution >= 4 is 9.24 Å². The molecule has 0 bridgehead atoms. The summed E-state index contributed by atoms with van der Waals surface area (Å²) in [4.78, 5) is 0. The molecule has 0 aromatic rings. The van der Waals surface area contributed by atoms with Crippen LogP contribution in [0.5, 0.6) is 0 Å². The molecule has 0 saturated heterocycles. The normalized spacial score (nSPS) is 9.67. The number of rotatable bonds is 1. The Morgan fingerprint density at radius 3 is 2.33 bits per heavy atom. The van der Waals surface area contributed by atoms with E-state index in [4.69, 9.17) is 0 Å². The molecular weight excluding hydrogens is 91.0 g/mol. The van der Waals surface area contributed by atoms with Crippen LogP contribution in [0, 0.1) is 0 Å². The predicted octanol–water partition coefficient (Wildman–Crippen LogP) is 1.95. The van der Waals surface area contributed by atoms with Crippen LogP contribution in [0.15, 0.2) is 24.0 Å². The van der Waals surface area contributed by atoms with Gasteiger partial charge in [0.25, 0.3) is 0 Å². The van der Waals surface area contributed by atoms with Crippen molar-refractivity contribution in [3.05, 3.63) is 24.0 Å². The molecule has 0 rings (SSSR count). The Kier molecular flexibility index (Phi) is 3.07. The molecule has 0 radical (unpaired) electrons. The fraction of sp³-hybridized carbons (Fsp3) is 0.200. The highest BCUT2D eigenvalue weighted by atomic mass is 31.0. The number of hydrogen-bond donors (Lipinski definition) is 0. The van der Waals surface area contributed by atoms with Crippen LogP contribution in [0.1, 0.15) is 6.92 Å². The second-order valence-corrected chi connectivity index (χ2v) is 1.82. The lowest BCUT2D eigenvalue weighted by Crippen LogP contribution is -1.47. The van der Waals surface area contributed by atoms with E-state index in [1.54, 1.807) is 0 Å². The zero-order valence-electron chi connectivity index (χ0n) is 3.94. The van der Waals surface area contributed by atoms with Crippen LogP contribution in [0.3, 0.4) is 0 Å². The third-order valence-corrected chi connectivity index (χ3v) is 0.573. The minimum atomic E-state index is 1.03. The van der Waals surface area contributed by atoms with Gasteiger partial charge < -0.3 is 0 Å². The first kappa shape index (κ1) is 5.91. The molecule has 1 unspecified atom stereocenters. The van der Waals surface area contributed by atoms with Gasteiger partial charge in [0.1, 0.15) is 0 Å². The molecular formula is C5H9P. The van der Waals surface area contributed by atoms with Gasteiger partial charge >= 0.3 is 0 Å². The van der Waals surface area contributed by atoms with Crippen molar-refractivity contribution < 1.29 is 0 Å². The van der Waals surface area contributed by atoms with Crippen molar-refractivity contribution in [2.45, 2.75) is 6.92 Å². The topological polar surface area (TPSA) is 0 Å². The summed E-state index contributed by atoms with van der Waals surface area (Å²) in [6, 6.07) is 0. The maximum absolute atomic E-state index is 3.62. The second kappa shape index (κ2) is 3.11. The molecule has 1 atom stereocenters. The first-order valence-electron chi connectivity index (χ1n) is 1.84. The molecule has 0 aliphatic rings. The molecule has 0 aromatic carbocycles. The molecule has 0 heterocycles. The van der Waals surface area contributed by atoms with Crippen molar-refractivity contribution in [2.75, 3.05) is 0 Å². The highest BCUT2D eigenvalue weighted by Gasteiger charge is 1.63. The molecule has 6 heavy (non-hydrogen) atoms. The van der Waals surface area contributed by atoms with Gasteiger partial charge in [-0.05, 0) is 12.2 Å². The fourth-order valence-corrected chi connectivity index (χ4v) is 0.407. The second-order valence-electron chi connectivity index (χ2n) is 1.07. The first-order valence-corrected chi connectivity index (χ1v) is 2.42. The van der Waals surface area contributed by atoms with E-state index < -0.39 is 0 Å². The summed E-state index contributed by atoms with van der Waals surface area (Å²) >= 11 is 0. The Labute approximate surface area is 41.1 Å². The van der Waals surface area contributed by atoms with Gasteiger partial charge in [0.15, 0.2) is 0 Å². The summed E-state index contributed by atoms with van der Waals surface area (Å²) in [5.74, 6) is 0. The van der Waals surface area contributed by atoms with Gasteiger partial charge in [-0.15, -0.1) is 9.24 Å². The van der Waals surface area contributed by atoms with Gasteiger partial charge in [-0.3, -0.25) is 0 Å². The van der Waals surface area contributed by atoms with Crippen LogP contribution in [-0.2, 0) is 0 Å². The van der Waals surface area contributed by atoms with Crippen molar-refractivity contribution in [1.82, 2.24) is 0 Å². The lowest BCUT2D eigenvalue weighted by Gasteiger charge is -1.75. The van der Waals surface area contributed by atoms with E-state index in [1.807, 2.05) is 19.1 Å². The van der Waals surface area contributed by atoms with Gasteiger partial charge in [0.05, 0.1) is 0 Å². The summed E-state index contributed by atoms with van der Waals surface area (Å²) in [6.07, 6.45) is 3.89. The summed E-state index contributed by atoms with van der Waals surface area (Å²) < 4.78 is 0. The number of allylic oxidation sites excluding steroid dienone is 3. The Balaban J connectivity index is 3.30. The lowest BCUT2D eigenvalue weighted by molar-refractivity contribution is 1.73. The van der Waals surface area contributed by atoms with Crippen LogP contribution in [0.25, 0.3) is 0 Å². The third-order valence-electron chi connectivity index (χ3n) is 0.381. The van der Waals surface area contributed by atoms with Crippen molar-refractivity contribution in [1.29, 1.82) is 0 Å². The van der Waals surface area contributed by atoms with Crippen LogP contribution in [-0.4, -0.2) is 0 Å². The summed E-state index contributed by atoms with van der Waals surface area (Å²) in [6.45, 7) is 5.59. The van der Waals surface area contributed by atoms with Crippen LogP contribution in [0.4, 0.5) is 0 Å². The molecule has 0 nitrogen and oxygen atoms in total. The molecule has 1 heteroatoms. The quantitative estimate of drug-likeness (QED) is 0.349. The molecule has 34 valence electrons. The van der Waals surface area contributed by atoms with Gasteiger partial charge in [-0.1, -0.05) is 18.7 Å². The maximum Gasteiger partial charge on any atom is -0.0377 e. The monoisotopic (exact) mass is 100 g/mol. The number of hydrogen-bond acceptors (Lipinski definition) is 0. The Morgan fingerprint density at radius 2 is 2.33 bits per heavy atom. The smallest absolute Gasteiger partial charge is 0.0377 e. The average Bonchev–Trinajstić information content (AvgIpc) is 1.35. The zero-order chi connectivity index (χ0) is 4.99. The van der Waals surface area contributed by atoms with E-state index in [0.29, 0.717) is 0 Å². The standard InChI is InChI=1S/C5H9P/c1-3-4-5(2)6/h3-4H,2,6H2,1H3/b4-3-. The molecule has 0 aliphatic heterocycles. The van der Waals surface area contributed by atoms with E-state index >= 15 is 0 Å². The van der Waals surface area contributed by atoms with Gasteiger partial charge in [-0.25, -0.2) is 0 Å². The highest BCUT2D eigenvalue weighted by Crippen LogP contribution is 2.00. The van der Waals surface area contributed by atoms with E-state index in [1.165, 1.54) is 0 Å². The molecule has 0 fully saturated rings. The van der Waals surface area contributed by atoms with Gasteiger partial charge in [0.2, 0.25) is 0 Å². The minimum Gasteiger partial charge on any atom is -0.106 e. The first-order chi connectivity index (χ1) is 2.77. The molecule has 0 aliphatic carbocycles. The summed E-state index contributed by atoms with van der Waals surface area (Å²) in [5, 5.41) is 1.03. The van der Waals surface area contributed by atoms with E-state index in [-0.39, 0.29) is 0 Å². The Morgan fingerprint density at radius 1 is 1.83 bits per heavy atom. The van der Waals surface area contributed by atoms with Crippen LogP contribution >= 0.6 is 9.24 Å². The predicted molar refractivity (Wildman–Crippen MR) is 33.7 cm³/mol. The molecule has 0 N–H and O–H groups in total. The van der Waals surface area contributed by atoms with E-state index in [2.05, 4.69) is 15.8 Å². The van der Waals surface area contributed by atoms with Gasteiger partial charge in [0, 0.05) is 0 Å². The summed E-state index contributed by atoms with van der Waals surface area (Å²) in [5.41, 5.74) is 0. The van der Waals surface area contributed by atoms with Crippen molar-refractivity contribution in [3.63, 3.8) is 0 Å². The highest BCUT2D eigenvalue weighted by molar-refractivity contribution is 7.22. The molecule has 0 amide bonds. The molecule has 0 aromatic heterocycles. The zero-order valence-corrected chi connectivity index (χ0v) is 5.09. The molecule has 0 saturated carbocycles. The van der Waals surface area contributed by atoms with Crippen molar-refractivity contribution in [3.8, 4) is 0 Å². The maximum atomic E-state index is 3.62. The largest absolute Gasteiger partial charge is 0.106 e. The van der Waals surface area contributed by atoms with E-state index in [9.17, 15) is 0 Å². The Bertz CT molecular complexity index is 72.0. The Hall–Kier alpha value is -0.0900. The third kappa shape index (κ3) is 3.91. The average molecular weight is 100 g/mol. The van der Waals surface area contributed by atoms with Crippen LogP contribution < -0.4 is 0 Å². The van der Waals surface area contributed by atoms with Crippen LogP contribution in [0.2, 0.25) is 0 Å². The van der Waals surface area contributed by atoms with Crippen molar-refractivity contribution in [2.24, 2.45) is 0 Å². The summed E-state index contributed by atoms with van der Waals surface area (Å²) in [7, 11) is 2.50. The SMILES string of the molecule is C=C(P)/C=C\C. The fourth-order valence-electron chi connectivity index (χ4n) is 0.214. The lowest BCUT2D eigenvalue weighted by atomic mass is 10.5.